The third kappa shape index (κ3) is 22.3. The Hall–Kier alpha value is -1.33. The lowest BCUT2D eigenvalue weighted by Gasteiger charge is -1.99. The number of carbonyl (C=O) groups is 1. The van der Waals surface area contributed by atoms with Crippen LogP contribution in [0.3, 0.4) is 0 Å². The van der Waals surface area contributed by atoms with Crippen LogP contribution in [0.5, 0.6) is 0 Å². The van der Waals surface area contributed by atoms with E-state index >= 15 is 0 Å². The summed E-state index contributed by atoms with van der Waals surface area (Å²) < 4.78 is 8.93. The lowest BCUT2D eigenvalue weighted by Crippen LogP contribution is -2.06. The molecule has 0 aliphatic rings. The average Bonchev–Trinajstić information content (AvgIpc) is 2.43. The van der Waals surface area contributed by atoms with Gasteiger partial charge in [0.05, 0.1) is 0 Å². The molecule has 0 aromatic carbocycles. The SMILES string of the molecule is C=CCOC(=O)OCC=C.OCCCCCCCO. The molecule has 0 saturated carbocycles. The predicted molar refractivity (Wildman–Crippen MR) is 75.0 cm³/mol. The van der Waals surface area contributed by atoms with Crippen molar-refractivity contribution in [3.8, 4) is 0 Å². The number of hydrogen-bond acceptors (Lipinski definition) is 5. The van der Waals surface area contributed by atoms with Crippen LogP contribution in [0.1, 0.15) is 32.1 Å². The molecule has 0 atom stereocenters. The first-order valence-electron chi connectivity index (χ1n) is 6.46. The smallest absolute Gasteiger partial charge is 0.430 e. The van der Waals surface area contributed by atoms with Gasteiger partial charge in [0.2, 0.25) is 0 Å². The van der Waals surface area contributed by atoms with E-state index in [0.717, 1.165) is 32.1 Å². The van der Waals surface area contributed by atoms with E-state index in [1.807, 2.05) is 0 Å². The molecule has 112 valence electrons. The fourth-order valence-corrected chi connectivity index (χ4v) is 1.05. The first-order valence-corrected chi connectivity index (χ1v) is 6.46. The number of hydrogen-bond donors (Lipinski definition) is 2. The highest BCUT2D eigenvalue weighted by atomic mass is 16.7. The Morgan fingerprint density at radius 2 is 1.21 bits per heavy atom. The second-order valence-corrected chi connectivity index (χ2v) is 3.66. The van der Waals surface area contributed by atoms with E-state index < -0.39 is 6.16 Å². The second kappa shape index (κ2) is 19.0. The molecule has 2 N–H and O–H groups in total. The van der Waals surface area contributed by atoms with E-state index in [9.17, 15) is 4.79 Å². The predicted octanol–water partition coefficient (Wildman–Crippen LogP) is 2.43. The van der Waals surface area contributed by atoms with Gasteiger partial charge in [0, 0.05) is 13.2 Å². The Morgan fingerprint density at radius 3 is 1.53 bits per heavy atom. The summed E-state index contributed by atoms with van der Waals surface area (Å²) in [6.45, 7) is 7.68. The Labute approximate surface area is 115 Å². The van der Waals surface area contributed by atoms with E-state index in [1.165, 1.54) is 12.2 Å². The van der Waals surface area contributed by atoms with Gasteiger partial charge in [-0.2, -0.15) is 0 Å². The second-order valence-electron chi connectivity index (χ2n) is 3.66. The summed E-state index contributed by atoms with van der Waals surface area (Å²) in [5.74, 6) is 0. The zero-order valence-electron chi connectivity index (χ0n) is 11.6. The molecule has 0 unspecified atom stereocenters. The van der Waals surface area contributed by atoms with Crippen LogP contribution >= 0.6 is 0 Å². The van der Waals surface area contributed by atoms with Gasteiger partial charge in [-0.15, -0.1) is 0 Å². The minimum Gasteiger partial charge on any atom is -0.430 e. The Morgan fingerprint density at radius 1 is 0.842 bits per heavy atom. The molecular formula is C14H26O5. The molecule has 0 bridgehead atoms. The van der Waals surface area contributed by atoms with Crippen molar-refractivity contribution in [2.45, 2.75) is 32.1 Å². The quantitative estimate of drug-likeness (QED) is 0.363. The normalized spacial score (nSPS) is 8.95. The highest BCUT2D eigenvalue weighted by molar-refractivity contribution is 5.60. The molecule has 0 aromatic rings. The van der Waals surface area contributed by atoms with Crippen molar-refractivity contribution in [2.24, 2.45) is 0 Å². The minimum atomic E-state index is -0.695. The van der Waals surface area contributed by atoms with E-state index in [2.05, 4.69) is 22.6 Å². The topological polar surface area (TPSA) is 76.0 Å². The highest BCUT2D eigenvalue weighted by Crippen LogP contribution is 2.00. The molecule has 5 heteroatoms. The summed E-state index contributed by atoms with van der Waals surface area (Å²) in [5.41, 5.74) is 0. The molecule has 0 aliphatic heterocycles. The van der Waals surface area contributed by atoms with Crippen LogP contribution < -0.4 is 0 Å². The maximum absolute atomic E-state index is 10.4. The first-order chi connectivity index (χ1) is 9.22. The average molecular weight is 274 g/mol. The zero-order chi connectivity index (χ0) is 14.8. The van der Waals surface area contributed by atoms with E-state index in [1.54, 1.807) is 0 Å². The number of unbranched alkanes of at least 4 members (excludes halogenated alkanes) is 4. The van der Waals surface area contributed by atoms with Gasteiger partial charge in [0.1, 0.15) is 13.2 Å². The number of ether oxygens (including phenoxy) is 2. The monoisotopic (exact) mass is 274 g/mol. The van der Waals surface area contributed by atoms with E-state index in [-0.39, 0.29) is 13.2 Å². The molecule has 5 nitrogen and oxygen atoms in total. The van der Waals surface area contributed by atoms with Crippen LogP contribution in [0.15, 0.2) is 25.3 Å². The largest absolute Gasteiger partial charge is 0.508 e. The molecule has 0 radical (unpaired) electrons. The molecule has 0 spiro atoms. The molecular weight excluding hydrogens is 248 g/mol. The molecule has 0 amide bonds. The van der Waals surface area contributed by atoms with Crippen molar-refractivity contribution in [2.75, 3.05) is 26.4 Å². The maximum Gasteiger partial charge on any atom is 0.508 e. The van der Waals surface area contributed by atoms with Crippen LogP contribution in [0.25, 0.3) is 0 Å². The summed E-state index contributed by atoms with van der Waals surface area (Å²) in [6.07, 6.45) is 7.38. The third-order valence-electron chi connectivity index (χ3n) is 1.95. The van der Waals surface area contributed by atoms with Gasteiger partial charge in [-0.25, -0.2) is 4.79 Å². The van der Waals surface area contributed by atoms with Crippen molar-refractivity contribution in [3.05, 3.63) is 25.3 Å². The lowest BCUT2D eigenvalue weighted by atomic mass is 10.2. The van der Waals surface area contributed by atoms with Gasteiger partial charge < -0.3 is 19.7 Å². The third-order valence-corrected chi connectivity index (χ3v) is 1.95. The molecule has 0 aliphatic carbocycles. The van der Waals surface area contributed by atoms with Gasteiger partial charge in [-0.05, 0) is 12.8 Å². The summed E-state index contributed by atoms with van der Waals surface area (Å²) in [5, 5.41) is 16.7. The number of aliphatic hydroxyl groups excluding tert-OH is 2. The summed E-state index contributed by atoms with van der Waals surface area (Å²) in [7, 11) is 0. The van der Waals surface area contributed by atoms with Crippen molar-refractivity contribution in [1.29, 1.82) is 0 Å². The van der Waals surface area contributed by atoms with Gasteiger partial charge in [0.15, 0.2) is 0 Å². The highest BCUT2D eigenvalue weighted by Gasteiger charge is 1.97. The van der Waals surface area contributed by atoms with Crippen LogP contribution in [0.4, 0.5) is 4.79 Å². The van der Waals surface area contributed by atoms with Crippen molar-refractivity contribution < 1.29 is 24.5 Å². The van der Waals surface area contributed by atoms with Crippen LogP contribution in [-0.2, 0) is 9.47 Å². The van der Waals surface area contributed by atoms with Crippen molar-refractivity contribution >= 4 is 6.16 Å². The molecule has 0 fully saturated rings. The van der Waals surface area contributed by atoms with Gasteiger partial charge in [0.25, 0.3) is 0 Å². The number of rotatable bonds is 10. The summed E-state index contributed by atoms with van der Waals surface area (Å²) in [6, 6.07) is 0. The van der Waals surface area contributed by atoms with Crippen LogP contribution in [0.2, 0.25) is 0 Å². The van der Waals surface area contributed by atoms with Crippen LogP contribution in [0, 0.1) is 0 Å². The van der Waals surface area contributed by atoms with Gasteiger partial charge in [-0.3, -0.25) is 0 Å². The summed E-state index contributed by atoms with van der Waals surface area (Å²) >= 11 is 0. The van der Waals surface area contributed by atoms with Crippen molar-refractivity contribution in [3.63, 3.8) is 0 Å². The molecule has 0 saturated heterocycles. The fourth-order valence-electron chi connectivity index (χ4n) is 1.05. The lowest BCUT2D eigenvalue weighted by molar-refractivity contribution is 0.0718. The molecule has 0 rings (SSSR count). The first kappa shape index (κ1) is 20.0. The molecule has 0 aromatic heterocycles. The fraction of sp³-hybridized carbons (Fsp3) is 0.643. The van der Waals surface area contributed by atoms with Crippen molar-refractivity contribution in [1.82, 2.24) is 0 Å². The van der Waals surface area contributed by atoms with Gasteiger partial charge >= 0.3 is 6.16 Å². The minimum absolute atomic E-state index is 0.177. The zero-order valence-corrected chi connectivity index (χ0v) is 11.6. The Balaban J connectivity index is 0. The van der Waals surface area contributed by atoms with Gasteiger partial charge in [-0.1, -0.05) is 44.6 Å². The summed E-state index contributed by atoms with van der Waals surface area (Å²) in [4.78, 5) is 10.4. The van der Waals surface area contributed by atoms with E-state index in [0.29, 0.717) is 13.2 Å². The maximum atomic E-state index is 10.4. The molecule has 19 heavy (non-hydrogen) atoms. The molecule has 0 heterocycles. The Kier molecular flexibility index (Phi) is 20.0. The number of aliphatic hydroxyl groups is 2. The number of carbonyl (C=O) groups excluding carboxylic acids is 1. The Bertz CT molecular complexity index is 196. The van der Waals surface area contributed by atoms with E-state index in [4.69, 9.17) is 10.2 Å². The van der Waals surface area contributed by atoms with Crippen LogP contribution in [-0.4, -0.2) is 42.8 Å². The standard InChI is InChI=1S/C7H10O3.C7H16O2/c1-3-5-9-7(8)10-6-4-2;8-6-4-2-1-3-5-7-9/h3-4H,1-2,5-6H2;8-9H,1-7H2.